The highest BCUT2D eigenvalue weighted by atomic mass is 28.3. The van der Waals surface area contributed by atoms with E-state index in [1.807, 2.05) is 12.1 Å². The lowest BCUT2D eigenvalue weighted by Gasteiger charge is -2.26. The van der Waals surface area contributed by atoms with Gasteiger partial charge in [-0.2, -0.15) is 0 Å². The van der Waals surface area contributed by atoms with Crippen LogP contribution in [0.15, 0.2) is 24.3 Å². The van der Waals surface area contributed by atoms with Crippen molar-refractivity contribution in [1.82, 2.24) is 5.32 Å². The average Bonchev–Trinajstić information content (AvgIpc) is 2.23. The highest BCUT2D eigenvalue weighted by molar-refractivity contribution is 6.76. The Hall–Kier alpha value is -0.673. The first kappa shape index (κ1) is 15.4. The molecule has 0 radical (unpaired) electrons. The van der Waals surface area contributed by atoms with E-state index in [9.17, 15) is 4.39 Å². The Labute approximate surface area is 112 Å². The zero-order chi connectivity index (χ0) is 13.8. The quantitative estimate of drug-likeness (QED) is 0.760. The molecule has 1 aromatic carbocycles. The van der Waals surface area contributed by atoms with Crippen molar-refractivity contribution in [2.24, 2.45) is 0 Å². The summed E-state index contributed by atoms with van der Waals surface area (Å²) < 4.78 is 13.0. The predicted octanol–water partition coefficient (Wildman–Crippen LogP) is 4.25. The SMILES string of the molecule is CC(C)NCC(C[Si](C)(C)C)c1ccc(F)cc1. The van der Waals surface area contributed by atoms with Gasteiger partial charge in [0.2, 0.25) is 0 Å². The zero-order valence-corrected chi connectivity index (χ0v) is 13.3. The standard InChI is InChI=1S/C15H26FNSi/c1-12(2)17-10-14(11-18(3,4)5)13-6-8-15(16)9-7-13/h6-9,12,14,17H,10-11H2,1-5H3. The predicted molar refractivity (Wildman–Crippen MR) is 80.4 cm³/mol. The fourth-order valence-electron chi connectivity index (χ4n) is 2.16. The van der Waals surface area contributed by atoms with Crippen LogP contribution in [0, 0.1) is 5.82 Å². The first-order valence-electron chi connectivity index (χ1n) is 6.77. The van der Waals surface area contributed by atoms with Crippen LogP contribution < -0.4 is 5.32 Å². The van der Waals surface area contributed by atoms with E-state index >= 15 is 0 Å². The maximum atomic E-state index is 13.0. The Balaban J connectivity index is 2.79. The third kappa shape index (κ3) is 5.78. The fraction of sp³-hybridized carbons (Fsp3) is 0.600. The van der Waals surface area contributed by atoms with Crippen molar-refractivity contribution < 1.29 is 4.39 Å². The number of halogens is 1. The third-order valence-electron chi connectivity index (χ3n) is 2.97. The molecule has 0 heterocycles. The molecule has 0 aliphatic carbocycles. The number of hydrogen-bond acceptors (Lipinski definition) is 1. The zero-order valence-electron chi connectivity index (χ0n) is 12.3. The lowest BCUT2D eigenvalue weighted by Crippen LogP contribution is -2.32. The van der Waals surface area contributed by atoms with Gasteiger partial charge in [0.05, 0.1) is 0 Å². The number of rotatable bonds is 6. The molecule has 0 aliphatic heterocycles. The van der Waals surface area contributed by atoms with Gasteiger partial charge < -0.3 is 5.32 Å². The van der Waals surface area contributed by atoms with Crippen LogP contribution in [0.2, 0.25) is 25.7 Å². The molecular formula is C15H26FNSi. The molecule has 1 N–H and O–H groups in total. The summed E-state index contributed by atoms with van der Waals surface area (Å²) in [5.74, 6) is 0.349. The monoisotopic (exact) mass is 267 g/mol. The summed E-state index contributed by atoms with van der Waals surface area (Å²) >= 11 is 0. The summed E-state index contributed by atoms with van der Waals surface area (Å²) in [5.41, 5.74) is 1.26. The van der Waals surface area contributed by atoms with Crippen molar-refractivity contribution in [3.63, 3.8) is 0 Å². The highest BCUT2D eigenvalue weighted by Gasteiger charge is 2.21. The van der Waals surface area contributed by atoms with Gasteiger partial charge in [0.15, 0.2) is 0 Å². The molecule has 1 atom stereocenters. The fourth-order valence-corrected chi connectivity index (χ4v) is 4.02. The number of benzene rings is 1. The van der Waals surface area contributed by atoms with Crippen molar-refractivity contribution in [1.29, 1.82) is 0 Å². The Bertz CT molecular complexity index is 354. The second-order valence-corrected chi connectivity index (χ2v) is 12.1. The van der Waals surface area contributed by atoms with Crippen LogP contribution in [0.1, 0.15) is 25.3 Å². The molecule has 0 amide bonds. The van der Waals surface area contributed by atoms with Gasteiger partial charge in [-0.15, -0.1) is 0 Å². The maximum absolute atomic E-state index is 13.0. The van der Waals surface area contributed by atoms with E-state index in [4.69, 9.17) is 0 Å². The van der Waals surface area contributed by atoms with Crippen molar-refractivity contribution >= 4 is 8.07 Å². The van der Waals surface area contributed by atoms with Gasteiger partial charge in [-0.25, -0.2) is 4.39 Å². The lowest BCUT2D eigenvalue weighted by molar-refractivity contribution is 0.544. The minimum absolute atomic E-state index is 0.151. The summed E-state index contributed by atoms with van der Waals surface area (Å²) in [4.78, 5) is 0. The lowest BCUT2D eigenvalue weighted by atomic mass is 10.0. The summed E-state index contributed by atoms with van der Waals surface area (Å²) in [6.07, 6.45) is 0. The largest absolute Gasteiger partial charge is 0.314 e. The van der Waals surface area contributed by atoms with E-state index in [2.05, 4.69) is 38.8 Å². The van der Waals surface area contributed by atoms with E-state index in [0.717, 1.165) is 6.54 Å². The van der Waals surface area contributed by atoms with Gasteiger partial charge in [-0.3, -0.25) is 0 Å². The van der Waals surface area contributed by atoms with Crippen molar-refractivity contribution in [2.75, 3.05) is 6.54 Å². The van der Waals surface area contributed by atoms with Crippen LogP contribution in [0.4, 0.5) is 4.39 Å². The molecule has 1 nitrogen and oxygen atoms in total. The van der Waals surface area contributed by atoms with Gasteiger partial charge in [0, 0.05) is 20.7 Å². The number of hydrogen-bond donors (Lipinski definition) is 1. The van der Waals surface area contributed by atoms with Gasteiger partial charge in [-0.1, -0.05) is 45.6 Å². The molecule has 0 aliphatic rings. The summed E-state index contributed by atoms with van der Waals surface area (Å²) in [6, 6.07) is 8.74. The van der Waals surface area contributed by atoms with Crippen LogP contribution in [0.25, 0.3) is 0 Å². The molecule has 0 fully saturated rings. The van der Waals surface area contributed by atoms with Crippen molar-refractivity contribution in [2.45, 2.75) is 51.5 Å². The molecule has 1 aromatic rings. The number of nitrogens with one attached hydrogen (secondary N) is 1. The molecule has 0 aromatic heterocycles. The topological polar surface area (TPSA) is 12.0 Å². The minimum atomic E-state index is -1.12. The Morgan fingerprint density at radius 1 is 1.11 bits per heavy atom. The molecule has 1 rings (SSSR count). The second kappa shape index (κ2) is 6.48. The molecule has 3 heteroatoms. The summed E-state index contributed by atoms with van der Waals surface area (Å²) in [6.45, 7) is 12.5. The van der Waals surface area contributed by atoms with E-state index in [1.165, 1.54) is 11.6 Å². The Kier molecular flexibility index (Phi) is 5.54. The molecule has 0 saturated carbocycles. The third-order valence-corrected chi connectivity index (χ3v) is 4.69. The normalized spacial score (nSPS) is 13.9. The molecule has 0 spiro atoms. The van der Waals surface area contributed by atoms with E-state index < -0.39 is 8.07 Å². The van der Waals surface area contributed by atoms with Crippen LogP contribution in [-0.4, -0.2) is 20.7 Å². The molecular weight excluding hydrogens is 241 g/mol. The Morgan fingerprint density at radius 2 is 1.67 bits per heavy atom. The smallest absolute Gasteiger partial charge is 0.123 e. The van der Waals surface area contributed by atoms with E-state index in [0.29, 0.717) is 12.0 Å². The van der Waals surface area contributed by atoms with E-state index in [1.54, 1.807) is 12.1 Å². The molecule has 0 saturated heterocycles. The molecule has 18 heavy (non-hydrogen) atoms. The van der Waals surface area contributed by atoms with Gasteiger partial charge >= 0.3 is 0 Å². The summed E-state index contributed by atoms with van der Waals surface area (Å²) in [7, 11) is -1.12. The van der Waals surface area contributed by atoms with Crippen LogP contribution in [0.5, 0.6) is 0 Å². The molecule has 0 bridgehead atoms. The Morgan fingerprint density at radius 3 is 2.11 bits per heavy atom. The maximum Gasteiger partial charge on any atom is 0.123 e. The highest BCUT2D eigenvalue weighted by Crippen LogP contribution is 2.26. The van der Waals surface area contributed by atoms with Crippen LogP contribution >= 0.6 is 0 Å². The first-order chi connectivity index (χ1) is 8.28. The van der Waals surface area contributed by atoms with E-state index in [-0.39, 0.29) is 5.82 Å². The second-order valence-electron chi connectivity index (χ2n) is 6.58. The van der Waals surface area contributed by atoms with Gasteiger partial charge in [0.25, 0.3) is 0 Å². The molecule has 1 unspecified atom stereocenters. The van der Waals surface area contributed by atoms with Crippen LogP contribution in [0.3, 0.4) is 0 Å². The van der Waals surface area contributed by atoms with Crippen LogP contribution in [-0.2, 0) is 0 Å². The van der Waals surface area contributed by atoms with Gasteiger partial charge in [-0.05, 0) is 29.7 Å². The molecule has 102 valence electrons. The average molecular weight is 267 g/mol. The van der Waals surface area contributed by atoms with Crippen molar-refractivity contribution in [3.05, 3.63) is 35.6 Å². The van der Waals surface area contributed by atoms with Crippen molar-refractivity contribution in [3.8, 4) is 0 Å². The minimum Gasteiger partial charge on any atom is -0.314 e. The first-order valence-corrected chi connectivity index (χ1v) is 10.5. The summed E-state index contributed by atoms with van der Waals surface area (Å²) in [5, 5.41) is 3.51. The van der Waals surface area contributed by atoms with Gasteiger partial charge in [0.1, 0.15) is 5.82 Å².